The van der Waals surface area contributed by atoms with E-state index in [4.69, 9.17) is 0 Å². The zero-order valence-corrected chi connectivity index (χ0v) is 17.4. The van der Waals surface area contributed by atoms with Crippen molar-refractivity contribution in [2.24, 2.45) is 5.92 Å². The fourth-order valence-corrected chi connectivity index (χ4v) is 4.46. The molecule has 1 fully saturated rings. The molecule has 0 radical (unpaired) electrons. The molecule has 1 aliphatic rings. The van der Waals surface area contributed by atoms with E-state index < -0.39 is 23.2 Å². The molecule has 0 unspecified atom stereocenters. The molecular formula is C25H29F3O. The van der Waals surface area contributed by atoms with E-state index in [1.54, 1.807) is 13.0 Å². The second-order valence-corrected chi connectivity index (χ2v) is 8.06. The zero-order valence-electron chi connectivity index (χ0n) is 17.4. The summed E-state index contributed by atoms with van der Waals surface area (Å²) in [6, 6.07) is 9.01. The highest BCUT2D eigenvalue weighted by molar-refractivity contribution is 5.81. The van der Waals surface area contributed by atoms with Crippen LogP contribution >= 0.6 is 0 Å². The molecule has 4 heteroatoms. The summed E-state index contributed by atoms with van der Waals surface area (Å²) < 4.78 is 47.3. The van der Waals surface area contributed by atoms with Gasteiger partial charge in [-0.25, -0.2) is 8.78 Å². The van der Waals surface area contributed by atoms with E-state index in [9.17, 15) is 13.2 Å². The summed E-state index contributed by atoms with van der Waals surface area (Å²) in [6.45, 7) is 3.83. The molecule has 0 aliphatic heterocycles. The number of halogens is 3. The van der Waals surface area contributed by atoms with Crippen LogP contribution in [-0.4, -0.2) is 7.11 Å². The monoisotopic (exact) mass is 402 g/mol. The van der Waals surface area contributed by atoms with Crippen LogP contribution in [-0.2, 0) is 0 Å². The van der Waals surface area contributed by atoms with Crippen molar-refractivity contribution in [1.29, 1.82) is 0 Å². The van der Waals surface area contributed by atoms with Gasteiger partial charge in [0.05, 0.1) is 12.7 Å². The predicted molar refractivity (Wildman–Crippen MR) is 112 cm³/mol. The van der Waals surface area contributed by atoms with Crippen LogP contribution in [0.2, 0.25) is 0 Å². The molecule has 0 spiro atoms. The minimum absolute atomic E-state index is 0.328. The summed E-state index contributed by atoms with van der Waals surface area (Å²) >= 11 is 0. The predicted octanol–water partition coefficient (Wildman–Crippen LogP) is 7.75. The molecule has 2 aromatic rings. The summed E-state index contributed by atoms with van der Waals surface area (Å²) in [5.41, 5.74) is 2.12. The van der Waals surface area contributed by atoms with Crippen molar-refractivity contribution in [3.05, 3.63) is 64.5 Å². The summed E-state index contributed by atoms with van der Waals surface area (Å²) in [6.07, 6.45) is 9.29. The lowest BCUT2D eigenvalue weighted by Gasteiger charge is -2.28. The number of allylic oxidation sites excluding steroid dienone is 1. The van der Waals surface area contributed by atoms with Crippen molar-refractivity contribution in [2.75, 3.05) is 7.11 Å². The first-order valence-electron chi connectivity index (χ1n) is 10.4. The highest BCUT2D eigenvalue weighted by Gasteiger charge is 2.22. The second kappa shape index (κ2) is 9.51. The van der Waals surface area contributed by atoms with E-state index in [-0.39, 0.29) is 5.56 Å². The molecule has 29 heavy (non-hydrogen) atoms. The average Bonchev–Trinajstić information content (AvgIpc) is 2.72. The second-order valence-electron chi connectivity index (χ2n) is 8.06. The van der Waals surface area contributed by atoms with Gasteiger partial charge >= 0.3 is 0 Å². The van der Waals surface area contributed by atoms with Crippen molar-refractivity contribution in [3.8, 4) is 5.75 Å². The fraction of sp³-hybridized carbons (Fsp3) is 0.440. The Balaban J connectivity index is 1.76. The summed E-state index contributed by atoms with van der Waals surface area (Å²) in [5, 5.41) is 0. The van der Waals surface area contributed by atoms with Crippen LogP contribution in [0.15, 0.2) is 30.3 Å². The van der Waals surface area contributed by atoms with E-state index >= 15 is 0 Å². The standard InChI is InChI=1S/C25H29F3O/c1-4-5-17-6-10-19(11-7-17)20-12-8-18(9-13-20)14-16(2)23-21(26)15-22(29-3)24(27)25(23)28/h8-9,12-15,17,19H,4-7,10-11H2,1-3H3. The zero-order chi connectivity index (χ0) is 21.0. The first-order chi connectivity index (χ1) is 13.9. The number of hydrogen-bond acceptors (Lipinski definition) is 1. The van der Waals surface area contributed by atoms with Crippen molar-refractivity contribution >= 4 is 11.6 Å². The largest absolute Gasteiger partial charge is 0.493 e. The Morgan fingerprint density at radius 3 is 2.28 bits per heavy atom. The van der Waals surface area contributed by atoms with Gasteiger partial charge in [-0.3, -0.25) is 0 Å². The summed E-state index contributed by atoms with van der Waals surface area (Å²) in [5.74, 6) is -2.21. The fourth-order valence-electron chi connectivity index (χ4n) is 4.46. The maximum absolute atomic E-state index is 14.3. The average molecular weight is 403 g/mol. The minimum Gasteiger partial charge on any atom is -0.493 e. The van der Waals surface area contributed by atoms with Gasteiger partial charge in [0.2, 0.25) is 5.82 Å². The maximum Gasteiger partial charge on any atom is 0.201 e. The molecule has 156 valence electrons. The van der Waals surface area contributed by atoms with Crippen LogP contribution in [0, 0.1) is 23.4 Å². The van der Waals surface area contributed by atoms with E-state index in [1.807, 2.05) is 12.1 Å². The van der Waals surface area contributed by atoms with Crippen LogP contribution < -0.4 is 4.74 Å². The molecular weight excluding hydrogens is 373 g/mol. The first-order valence-corrected chi connectivity index (χ1v) is 10.4. The van der Waals surface area contributed by atoms with E-state index in [2.05, 4.69) is 23.8 Å². The molecule has 0 atom stereocenters. The van der Waals surface area contributed by atoms with Gasteiger partial charge < -0.3 is 4.74 Å². The third kappa shape index (κ3) is 4.85. The van der Waals surface area contributed by atoms with Crippen molar-refractivity contribution in [1.82, 2.24) is 0 Å². The molecule has 0 amide bonds. The SMILES string of the molecule is CCCC1CCC(c2ccc(C=C(C)c3c(F)cc(OC)c(F)c3F)cc2)CC1. The Kier molecular flexibility index (Phi) is 7.05. The van der Waals surface area contributed by atoms with Gasteiger partial charge in [-0.15, -0.1) is 0 Å². The number of rotatable bonds is 6. The van der Waals surface area contributed by atoms with Gasteiger partial charge in [0.1, 0.15) is 5.82 Å². The molecule has 1 aliphatic carbocycles. The van der Waals surface area contributed by atoms with Gasteiger partial charge in [-0.2, -0.15) is 4.39 Å². The molecule has 0 aromatic heterocycles. The normalized spacial score (nSPS) is 20.0. The van der Waals surface area contributed by atoms with Crippen LogP contribution in [0.25, 0.3) is 11.6 Å². The lowest BCUT2D eigenvalue weighted by molar-refractivity contribution is 0.308. The van der Waals surface area contributed by atoms with Crippen LogP contribution in [0.5, 0.6) is 5.75 Å². The highest BCUT2D eigenvalue weighted by Crippen LogP contribution is 2.38. The third-order valence-electron chi connectivity index (χ3n) is 6.07. The summed E-state index contributed by atoms with van der Waals surface area (Å²) in [7, 11) is 1.18. The van der Waals surface area contributed by atoms with Crippen molar-refractivity contribution in [3.63, 3.8) is 0 Å². The van der Waals surface area contributed by atoms with Crippen LogP contribution in [0.1, 0.15) is 75.0 Å². The minimum atomic E-state index is -1.23. The number of ether oxygens (including phenoxy) is 1. The maximum atomic E-state index is 14.3. The van der Waals surface area contributed by atoms with Gasteiger partial charge in [-0.05, 0) is 61.1 Å². The molecule has 1 nitrogen and oxygen atoms in total. The Bertz CT molecular complexity index is 863. The Labute approximate surface area is 171 Å². The molecule has 0 bridgehead atoms. The first kappa shape index (κ1) is 21.5. The van der Waals surface area contributed by atoms with E-state index in [1.165, 1.54) is 51.2 Å². The number of hydrogen-bond donors (Lipinski definition) is 0. The molecule has 0 N–H and O–H groups in total. The number of benzene rings is 2. The number of methoxy groups -OCH3 is 1. The Morgan fingerprint density at radius 2 is 1.69 bits per heavy atom. The van der Waals surface area contributed by atoms with Gasteiger partial charge in [0.25, 0.3) is 0 Å². The van der Waals surface area contributed by atoms with E-state index in [0.717, 1.165) is 17.5 Å². The molecule has 3 rings (SSSR count). The Hall–Kier alpha value is -2.23. The molecule has 0 saturated heterocycles. The summed E-state index contributed by atoms with van der Waals surface area (Å²) in [4.78, 5) is 0. The van der Waals surface area contributed by atoms with Gasteiger partial charge in [-0.1, -0.05) is 50.1 Å². The van der Waals surface area contributed by atoms with Crippen molar-refractivity contribution in [2.45, 2.75) is 58.3 Å². The topological polar surface area (TPSA) is 9.23 Å². The van der Waals surface area contributed by atoms with Crippen LogP contribution in [0.4, 0.5) is 13.2 Å². The lowest BCUT2D eigenvalue weighted by atomic mass is 9.77. The Morgan fingerprint density at radius 1 is 1.03 bits per heavy atom. The van der Waals surface area contributed by atoms with Crippen LogP contribution in [0.3, 0.4) is 0 Å². The molecule has 1 saturated carbocycles. The molecule has 2 aromatic carbocycles. The van der Waals surface area contributed by atoms with Gasteiger partial charge in [0.15, 0.2) is 11.6 Å². The van der Waals surface area contributed by atoms with Gasteiger partial charge in [0, 0.05) is 6.07 Å². The van der Waals surface area contributed by atoms with E-state index in [0.29, 0.717) is 11.5 Å². The quantitative estimate of drug-likeness (QED) is 0.354. The third-order valence-corrected chi connectivity index (χ3v) is 6.07. The smallest absolute Gasteiger partial charge is 0.201 e. The lowest BCUT2D eigenvalue weighted by Crippen LogP contribution is -2.13. The molecule has 0 heterocycles. The highest BCUT2D eigenvalue weighted by atomic mass is 19.2. The van der Waals surface area contributed by atoms with Crippen molar-refractivity contribution < 1.29 is 17.9 Å².